The van der Waals surface area contributed by atoms with Crippen LogP contribution in [0.5, 0.6) is 0 Å². The predicted molar refractivity (Wildman–Crippen MR) is 75.7 cm³/mol. The van der Waals surface area contributed by atoms with Gasteiger partial charge in [-0.1, -0.05) is 62.3 Å². The molecule has 0 bridgehead atoms. The Balaban J connectivity index is 4.26. The van der Waals surface area contributed by atoms with Crippen LogP contribution in [-0.2, 0) is 0 Å². The molecular weight excluding hydrogens is 192 g/mol. The third-order valence-corrected chi connectivity index (χ3v) is 2.87. The highest BCUT2D eigenvalue weighted by molar-refractivity contribution is 4.79. The van der Waals surface area contributed by atoms with Gasteiger partial charge in [0.1, 0.15) is 0 Å². The molecule has 0 spiro atoms. The van der Waals surface area contributed by atoms with Gasteiger partial charge in [-0.3, -0.25) is 0 Å². The molecule has 0 aromatic carbocycles. The Kier molecular flexibility index (Phi) is 5.10. The van der Waals surface area contributed by atoms with Gasteiger partial charge in [-0.25, -0.2) is 0 Å². The van der Waals surface area contributed by atoms with Crippen LogP contribution < -0.4 is 0 Å². The van der Waals surface area contributed by atoms with E-state index >= 15 is 0 Å². The minimum atomic E-state index is 0.449. The van der Waals surface area contributed by atoms with Crippen molar-refractivity contribution in [2.75, 3.05) is 0 Å². The average molecular weight is 226 g/mol. The molecule has 0 aromatic rings. The van der Waals surface area contributed by atoms with Gasteiger partial charge in [-0.2, -0.15) is 0 Å². The van der Waals surface area contributed by atoms with Crippen LogP contribution in [0.4, 0.5) is 0 Å². The molecule has 0 rings (SSSR count). The van der Waals surface area contributed by atoms with E-state index in [1.54, 1.807) is 0 Å². The van der Waals surface area contributed by atoms with E-state index in [1.807, 2.05) is 0 Å². The van der Waals surface area contributed by atoms with Gasteiger partial charge in [0.05, 0.1) is 0 Å². The molecule has 0 aliphatic rings. The van der Waals surface area contributed by atoms with Crippen molar-refractivity contribution in [3.63, 3.8) is 0 Å². The maximum atomic E-state index is 2.43. The van der Waals surface area contributed by atoms with Gasteiger partial charge in [0.15, 0.2) is 0 Å². The fourth-order valence-electron chi connectivity index (χ4n) is 3.57. The number of rotatable bonds is 4. The first-order valence-electron chi connectivity index (χ1n) is 6.81. The summed E-state index contributed by atoms with van der Waals surface area (Å²) in [6, 6.07) is 0. The van der Waals surface area contributed by atoms with E-state index in [4.69, 9.17) is 0 Å². The van der Waals surface area contributed by atoms with E-state index in [2.05, 4.69) is 62.3 Å². The summed E-state index contributed by atoms with van der Waals surface area (Å²) in [5.74, 6) is 0.831. The van der Waals surface area contributed by atoms with Crippen molar-refractivity contribution < 1.29 is 0 Å². The van der Waals surface area contributed by atoms with E-state index in [0.717, 1.165) is 5.92 Å². The van der Waals surface area contributed by atoms with E-state index in [1.165, 1.54) is 19.3 Å². The molecule has 0 saturated carbocycles. The smallest absolute Gasteiger partial charge is 0.0347 e. The van der Waals surface area contributed by atoms with Gasteiger partial charge in [0.25, 0.3) is 0 Å². The number of hydrogen-bond acceptors (Lipinski definition) is 0. The highest BCUT2D eigenvalue weighted by atomic mass is 14.3. The first-order chi connectivity index (χ1) is 6.81. The van der Waals surface area contributed by atoms with Crippen molar-refractivity contribution in [2.24, 2.45) is 22.2 Å². The van der Waals surface area contributed by atoms with Crippen LogP contribution in [0.25, 0.3) is 0 Å². The second-order valence-electron chi connectivity index (χ2n) is 8.98. The van der Waals surface area contributed by atoms with Crippen LogP contribution in [0.1, 0.15) is 81.6 Å². The summed E-state index contributed by atoms with van der Waals surface area (Å²) in [4.78, 5) is 0. The van der Waals surface area contributed by atoms with Crippen molar-refractivity contribution in [3.05, 3.63) is 0 Å². The highest BCUT2D eigenvalue weighted by Gasteiger charge is 2.28. The minimum absolute atomic E-state index is 0.449. The van der Waals surface area contributed by atoms with Crippen molar-refractivity contribution in [1.82, 2.24) is 0 Å². The van der Waals surface area contributed by atoms with Gasteiger partial charge in [0, 0.05) is 0 Å². The van der Waals surface area contributed by atoms with Crippen LogP contribution in [0, 0.1) is 22.2 Å². The molecule has 0 radical (unpaired) electrons. The predicted octanol–water partition coefficient (Wildman–Crippen LogP) is 5.91. The molecule has 0 saturated heterocycles. The van der Waals surface area contributed by atoms with Gasteiger partial charge in [-0.15, -0.1) is 0 Å². The Morgan fingerprint density at radius 1 is 0.688 bits per heavy atom. The average Bonchev–Trinajstić information content (AvgIpc) is 1.70. The second-order valence-corrected chi connectivity index (χ2v) is 8.98. The van der Waals surface area contributed by atoms with Crippen molar-refractivity contribution >= 4 is 0 Å². The normalized spacial score (nSPS) is 16.3. The zero-order valence-electron chi connectivity index (χ0n) is 13.2. The molecule has 0 aromatic heterocycles. The Labute approximate surface area is 104 Å². The largest absolute Gasteiger partial charge is 0.0625 e. The topological polar surface area (TPSA) is 0 Å². The zero-order valence-corrected chi connectivity index (χ0v) is 13.2. The van der Waals surface area contributed by atoms with Crippen LogP contribution in [0.3, 0.4) is 0 Å². The Bertz CT molecular complexity index is 197. The molecule has 0 N–H and O–H groups in total. The Morgan fingerprint density at radius 3 is 1.44 bits per heavy atom. The number of hydrogen-bond donors (Lipinski definition) is 0. The van der Waals surface area contributed by atoms with Gasteiger partial charge < -0.3 is 0 Å². The highest BCUT2D eigenvalue weighted by Crippen LogP contribution is 2.40. The second kappa shape index (κ2) is 5.10. The molecule has 0 nitrogen and oxygen atoms in total. The van der Waals surface area contributed by atoms with Crippen LogP contribution in [-0.4, -0.2) is 0 Å². The maximum absolute atomic E-state index is 2.43. The summed E-state index contributed by atoms with van der Waals surface area (Å²) < 4.78 is 0. The van der Waals surface area contributed by atoms with Crippen LogP contribution in [0.15, 0.2) is 0 Å². The molecule has 0 aliphatic heterocycles. The van der Waals surface area contributed by atoms with E-state index in [0.29, 0.717) is 16.2 Å². The lowest BCUT2D eigenvalue weighted by molar-refractivity contribution is 0.156. The molecular formula is C16H34. The molecule has 1 atom stereocenters. The quantitative estimate of drug-likeness (QED) is 0.559. The summed E-state index contributed by atoms with van der Waals surface area (Å²) in [5, 5.41) is 0. The monoisotopic (exact) mass is 226 g/mol. The molecule has 98 valence electrons. The first-order valence-corrected chi connectivity index (χ1v) is 6.81. The summed E-state index contributed by atoms with van der Waals surface area (Å²) in [7, 11) is 0. The van der Waals surface area contributed by atoms with Crippen LogP contribution in [0.2, 0.25) is 0 Å². The summed E-state index contributed by atoms with van der Waals surface area (Å²) in [5.41, 5.74) is 1.39. The Morgan fingerprint density at radius 2 is 1.12 bits per heavy atom. The van der Waals surface area contributed by atoms with E-state index in [9.17, 15) is 0 Å². The third kappa shape index (κ3) is 9.24. The fourth-order valence-corrected chi connectivity index (χ4v) is 3.57. The molecule has 0 heteroatoms. The lowest BCUT2D eigenvalue weighted by atomic mass is 9.70. The maximum Gasteiger partial charge on any atom is -0.0347 e. The van der Waals surface area contributed by atoms with Gasteiger partial charge in [-0.05, 0) is 41.4 Å². The Hall–Kier alpha value is 0. The molecule has 0 amide bonds. The minimum Gasteiger partial charge on any atom is -0.0625 e. The van der Waals surface area contributed by atoms with Crippen molar-refractivity contribution in [1.29, 1.82) is 0 Å². The summed E-state index contributed by atoms with van der Waals surface area (Å²) in [6.45, 7) is 21.4. The van der Waals surface area contributed by atoms with E-state index in [-0.39, 0.29) is 0 Å². The van der Waals surface area contributed by atoms with Gasteiger partial charge in [0.2, 0.25) is 0 Å². The fraction of sp³-hybridized carbons (Fsp3) is 1.00. The zero-order chi connectivity index (χ0) is 13.2. The molecule has 0 unspecified atom stereocenters. The lowest BCUT2D eigenvalue weighted by Gasteiger charge is -2.36. The SMILES string of the molecule is C[C@H](CC(C)(C)C)CC(C)(C)CC(C)(C)C. The molecule has 0 aliphatic carbocycles. The molecule has 16 heavy (non-hydrogen) atoms. The van der Waals surface area contributed by atoms with Crippen LogP contribution >= 0.6 is 0 Å². The third-order valence-electron chi connectivity index (χ3n) is 2.87. The molecule has 0 heterocycles. The van der Waals surface area contributed by atoms with Gasteiger partial charge >= 0.3 is 0 Å². The van der Waals surface area contributed by atoms with Crippen molar-refractivity contribution in [2.45, 2.75) is 81.6 Å². The lowest BCUT2D eigenvalue weighted by Crippen LogP contribution is -2.24. The summed E-state index contributed by atoms with van der Waals surface area (Å²) >= 11 is 0. The first kappa shape index (κ1) is 16.0. The van der Waals surface area contributed by atoms with Crippen molar-refractivity contribution in [3.8, 4) is 0 Å². The standard InChI is InChI=1S/C16H34/c1-13(10-14(2,3)4)11-16(8,9)12-15(5,6)7/h13H,10-12H2,1-9H3/t13-/m1/s1. The summed E-state index contributed by atoms with van der Waals surface area (Å²) in [6.07, 6.45) is 4.00. The van der Waals surface area contributed by atoms with E-state index < -0.39 is 0 Å². The molecule has 0 fully saturated rings.